The maximum absolute atomic E-state index is 12.4. The summed E-state index contributed by atoms with van der Waals surface area (Å²) in [6.45, 7) is 1.64. The van der Waals surface area contributed by atoms with Gasteiger partial charge < -0.3 is 10.1 Å². The fraction of sp³-hybridized carbons (Fsp3) is 0.0909. The second-order valence-electron chi connectivity index (χ2n) is 7.08. The van der Waals surface area contributed by atoms with E-state index >= 15 is 0 Å². The largest absolute Gasteiger partial charge is 0.451 e. The zero-order chi connectivity index (χ0) is 22.8. The number of tetrazole rings is 1. The summed E-state index contributed by atoms with van der Waals surface area (Å²) in [5, 5.41) is 16.3. The number of fused-ring (bicyclic) bond motifs is 1. The smallest absolute Gasteiger partial charge is 0.351 e. The number of nitrogens with one attached hydrogen (secondary N) is 1. The Hall–Kier alpha value is -3.96. The number of carbonyl (C=O) groups is 2. The van der Waals surface area contributed by atoms with E-state index in [2.05, 4.69) is 38.8 Å². The highest BCUT2D eigenvalue weighted by Gasteiger charge is 2.18. The predicted octanol–water partition coefficient (Wildman–Crippen LogP) is 4.10. The first kappa shape index (κ1) is 20.9. The second kappa shape index (κ2) is 8.88. The molecule has 1 N–H and O–H groups in total. The Morgan fingerprint density at radius 3 is 2.76 bits per heavy atom. The van der Waals surface area contributed by atoms with Gasteiger partial charge in [-0.25, -0.2) is 9.78 Å². The van der Waals surface area contributed by atoms with E-state index in [4.69, 9.17) is 4.74 Å². The summed E-state index contributed by atoms with van der Waals surface area (Å²) < 4.78 is 7.66. The van der Waals surface area contributed by atoms with Crippen LogP contribution in [0.25, 0.3) is 26.5 Å². The zero-order valence-corrected chi connectivity index (χ0v) is 18.9. The number of esters is 1. The topological polar surface area (TPSA) is 112 Å². The summed E-state index contributed by atoms with van der Waals surface area (Å²) in [5.41, 5.74) is 4.22. The fourth-order valence-corrected chi connectivity index (χ4v) is 4.99. The number of aromatic nitrogens is 5. The van der Waals surface area contributed by atoms with Gasteiger partial charge in [0.1, 0.15) is 16.2 Å². The molecule has 0 atom stereocenters. The first-order valence-electron chi connectivity index (χ1n) is 9.82. The van der Waals surface area contributed by atoms with Crippen LogP contribution in [0.3, 0.4) is 0 Å². The summed E-state index contributed by atoms with van der Waals surface area (Å²) >= 11 is 2.81. The summed E-state index contributed by atoms with van der Waals surface area (Å²) in [5.74, 6) is -1.06. The van der Waals surface area contributed by atoms with Crippen molar-refractivity contribution >= 4 is 50.5 Å². The van der Waals surface area contributed by atoms with Gasteiger partial charge in [-0.05, 0) is 70.8 Å². The van der Waals surface area contributed by atoms with Crippen LogP contribution in [0.5, 0.6) is 0 Å². The first-order valence-corrected chi connectivity index (χ1v) is 11.5. The number of thiophene rings is 1. The molecule has 0 fully saturated rings. The van der Waals surface area contributed by atoms with Crippen molar-refractivity contribution in [3.63, 3.8) is 0 Å². The van der Waals surface area contributed by atoms with Crippen LogP contribution in [0.15, 0.2) is 60.2 Å². The molecule has 0 saturated heterocycles. The third kappa shape index (κ3) is 4.49. The molecule has 3 heterocycles. The first-order chi connectivity index (χ1) is 16.1. The number of hydrogen-bond acceptors (Lipinski definition) is 9. The Bertz CT molecular complexity index is 1440. The summed E-state index contributed by atoms with van der Waals surface area (Å²) in [7, 11) is 0. The number of carbonyl (C=O) groups excluding carboxylic acids is 2. The van der Waals surface area contributed by atoms with Crippen molar-refractivity contribution < 1.29 is 14.3 Å². The lowest BCUT2D eigenvalue weighted by Crippen LogP contribution is -2.21. The number of anilines is 1. The number of amides is 1. The quantitative estimate of drug-likeness (QED) is 0.367. The lowest BCUT2D eigenvalue weighted by atomic mass is 10.2. The van der Waals surface area contributed by atoms with Gasteiger partial charge in [0.2, 0.25) is 0 Å². The van der Waals surface area contributed by atoms with Gasteiger partial charge in [-0.2, -0.15) is 4.68 Å². The normalized spacial score (nSPS) is 10.9. The molecule has 5 rings (SSSR count). The molecule has 0 unspecified atom stereocenters. The van der Waals surface area contributed by atoms with Crippen LogP contribution >= 0.6 is 22.7 Å². The SMILES string of the molecule is Cc1ccc2nc(-c3ccc(NC(=O)COC(=O)c4sccc4-n4cnnn4)cc3)sc2c1. The average Bonchev–Trinajstić information content (AvgIpc) is 3.57. The molecule has 164 valence electrons. The number of ether oxygens (including phenoxy) is 1. The van der Waals surface area contributed by atoms with Gasteiger partial charge in [-0.15, -0.1) is 27.8 Å². The molecule has 9 nitrogen and oxygen atoms in total. The predicted molar refractivity (Wildman–Crippen MR) is 126 cm³/mol. The number of benzene rings is 2. The number of thiazole rings is 1. The van der Waals surface area contributed by atoms with Crippen molar-refractivity contribution in [2.45, 2.75) is 6.92 Å². The van der Waals surface area contributed by atoms with Crippen LogP contribution in [-0.4, -0.2) is 43.7 Å². The van der Waals surface area contributed by atoms with Crippen LogP contribution in [0.2, 0.25) is 0 Å². The minimum absolute atomic E-state index is 0.311. The van der Waals surface area contributed by atoms with Crippen molar-refractivity contribution in [1.82, 2.24) is 25.2 Å². The van der Waals surface area contributed by atoms with Crippen LogP contribution in [0.1, 0.15) is 15.2 Å². The molecule has 11 heteroatoms. The molecule has 0 bridgehead atoms. The minimum atomic E-state index is -0.618. The molecule has 33 heavy (non-hydrogen) atoms. The minimum Gasteiger partial charge on any atom is -0.451 e. The number of nitrogens with zero attached hydrogens (tertiary/aromatic N) is 5. The molecule has 2 aromatic carbocycles. The molecule has 0 aliphatic heterocycles. The van der Waals surface area contributed by atoms with Crippen LogP contribution in [0, 0.1) is 6.92 Å². The Kier molecular flexibility index (Phi) is 5.63. The zero-order valence-electron chi connectivity index (χ0n) is 17.3. The fourth-order valence-electron chi connectivity index (χ4n) is 3.15. The summed E-state index contributed by atoms with van der Waals surface area (Å²) in [4.78, 5) is 29.7. The van der Waals surface area contributed by atoms with E-state index in [0.717, 1.165) is 20.8 Å². The molecule has 0 aliphatic carbocycles. The molecule has 0 aliphatic rings. The van der Waals surface area contributed by atoms with E-state index in [1.807, 2.05) is 24.3 Å². The van der Waals surface area contributed by atoms with E-state index in [0.29, 0.717) is 16.3 Å². The van der Waals surface area contributed by atoms with Crippen LogP contribution in [0.4, 0.5) is 5.69 Å². The third-order valence-electron chi connectivity index (χ3n) is 4.72. The van der Waals surface area contributed by atoms with Crippen molar-refractivity contribution in [1.29, 1.82) is 0 Å². The van der Waals surface area contributed by atoms with Crippen molar-refractivity contribution in [2.75, 3.05) is 11.9 Å². The Morgan fingerprint density at radius 1 is 1.12 bits per heavy atom. The molecule has 3 aromatic heterocycles. The lowest BCUT2D eigenvalue weighted by molar-refractivity contribution is -0.119. The van der Waals surface area contributed by atoms with E-state index in [9.17, 15) is 9.59 Å². The second-order valence-corrected chi connectivity index (χ2v) is 9.03. The van der Waals surface area contributed by atoms with E-state index in [1.165, 1.54) is 27.9 Å². The Morgan fingerprint density at radius 2 is 1.97 bits per heavy atom. The highest BCUT2D eigenvalue weighted by atomic mass is 32.1. The molecule has 0 radical (unpaired) electrons. The monoisotopic (exact) mass is 476 g/mol. The molecular weight excluding hydrogens is 460 g/mol. The van der Waals surface area contributed by atoms with Gasteiger partial charge in [0.25, 0.3) is 5.91 Å². The Labute approximate surface area is 195 Å². The van der Waals surface area contributed by atoms with E-state index in [-0.39, 0.29) is 0 Å². The van der Waals surface area contributed by atoms with Crippen molar-refractivity contribution in [3.05, 3.63) is 70.7 Å². The molecule has 0 spiro atoms. The van der Waals surface area contributed by atoms with E-state index in [1.54, 1.807) is 34.9 Å². The third-order valence-corrected chi connectivity index (χ3v) is 6.67. The number of rotatable bonds is 6. The molecule has 5 aromatic rings. The standard InChI is InChI=1S/C22H16N6O3S2/c1-13-2-7-16-18(10-13)33-21(25-16)14-3-5-15(6-4-14)24-19(29)11-31-22(30)20-17(8-9-32-20)28-12-23-26-27-28/h2-10,12H,11H2,1H3,(H,24,29). The van der Waals surface area contributed by atoms with Gasteiger partial charge in [0.15, 0.2) is 6.61 Å². The molecule has 1 amide bonds. The van der Waals surface area contributed by atoms with Gasteiger partial charge in [0, 0.05) is 11.3 Å². The van der Waals surface area contributed by atoms with Crippen molar-refractivity contribution in [3.8, 4) is 16.3 Å². The molecule has 0 saturated carbocycles. The highest BCUT2D eigenvalue weighted by molar-refractivity contribution is 7.21. The average molecular weight is 477 g/mol. The maximum Gasteiger partial charge on any atom is 0.351 e. The van der Waals surface area contributed by atoms with Gasteiger partial charge in [0.05, 0.1) is 15.9 Å². The highest BCUT2D eigenvalue weighted by Crippen LogP contribution is 2.31. The summed E-state index contributed by atoms with van der Waals surface area (Å²) in [6.07, 6.45) is 1.38. The van der Waals surface area contributed by atoms with Gasteiger partial charge in [-0.3, -0.25) is 4.79 Å². The lowest BCUT2D eigenvalue weighted by Gasteiger charge is -2.07. The molecular formula is C22H16N6O3S2. The number of hydrogen-bond donors (Lipinski definition) is 1. The van der Waals surface area contributed by atoms with Crippen molar-refractivity contribution in [2.24, 2.45) is 0 Å². The summed E-state index contributed by atoms with van der Waals surface area (Å²) in [6, 6.07) is 15.3. The maximum atomic E-state index is 12.4. The van der Waals surface area contributed by atoms with Crippen LogP contribution < -0.4 is 5.32 Å². The Balaban J connectivity index is 1.20. The number of aryl methyl sites for hydroxylation is 1. The van der Waals surface area contributed by atoms with Gasteiger partial charge in [-0.1, -0.05) is 6.07 Å². The van der Waals surface area contributed by atoms with Gasteiger partial charge >= 0.3 is 5.97 Å². The van der Waals surface area contributed by atoms with E-state index < -0.39 is 18.5 Å². The van der Waals surface area contributed by atoms with Crippen LogP contribution in [-0.2, 0) is 9.53 Å².